The van der Waals surface area contributed by atoms with Gasteiger partial charge in [-0.25, -0.2) is 0 Å². The summed E-state index contributed by atoms with van der Waals surface area (Å²) in [6.07, 6.45) is 0. The summed E-state index contributed by atoms with van der Waals surface area (Å²) >= 11 is 11.6. The van der Waals surface area contributed by atoms with Crippen LogP contribution in [0.4, 0.5) is 5.69 Å². The molecule has 1 aromatic carbocycles. The highest BCUT2D eigenvalue weighted by Crippen LogP contribution is 2.23. The minimum atomic E-state index is -0.570. The second kappa shape index (κ2) is 5.55. The average molecular weight is 260 g/mol. The normalized spacial score (nSPS) is 12.3. The molecule has 0 heterocycles. The van der Waals surface area contributed by atoms with E-state index in [0.29, 0.717) is 0 Å². The molecule has 1 aromatic rings. The fourth-order valence-electron chi connectivity index (χ4n) is 1.56. The van der Waals surface area contributed by atoms with Crippen LogP contribution in [-0.4, -0.2) is 17.3 Å². The predicted molar refractivity (Wildman–Crippen MR) is 69.4 cm³/mol. The SMILES string of the molecule is Cc1ccc(N(CCl)C(=O)C(C)Cl)c(C)c1. The Labute approximate surface area is 106 Å². The Morgan fingerprint density at radius 1 is 1.44 bits per heavy atom. The number of carbonyl (C=O) groups is 1. The van der Waals surface area contributed by atoms with Crippen molar-refractivity contribution in [1.29, 1.82) is 0 Å². The molecule has 0 fully saturated rings. The molecule has 0 aliphatic heterocycles. The van der Waals surface area contributed by atoms with E-state index in [-0.39, 0.29) is 11.9 Å². The summed E-state index contributed by atoms with van der Waals surface area (Å²) in [6.45, 7) is 5.61. The highest BCUT2D eigenvalue weighted by molar-refractivity contribution is 6.33. The Morgan fingerprint density at radius 2 is 2.06 bits per heavy atom. The van der Waals surface area contributed by atoms with Gasteiger partial charge >= 0.3 is 0 Å². The van der Waals surface area contributed by atoms with Crippen LogP contribution < -0.4 is 4.90 Å². The molecule has 88 valence electrons. The Bertz CT molecular complexity index is 391. The quantitative estimate of drug-likeness (QED) is 0.602. The van der Waals surface area contributed by atoms with Crippen molar-refractivity contribution < 1.29 is 4.79 Å². The van der Waals surface area contributed by atoms with Crippen molar-refractivity contribution in [3.63, 3.8) is 0 Å². The largest absolute Gasteiger partial charge is 0.297 e. The number of alkyl halides is 2. The molecule has 1 unspecified atom stereocenters. The van der Waals surface area contributed by atoms with E-state index >= 15 is 0 Å². The Balaban J connectivity index is 3.09. The van der Waals surface area contributed by atoms with Crippen LogP contribution in [0.5, 0.6) is 0 Å². The standard InChI is InChI=1S/C12H15Cl2NO/c1-8-4-5-11(9(2)6-8)15(7-13)12(16)10(3)14/h4-6,10H,7H2,1-3H3. The summed E-state index contributed by atoms with van der Waals surface area (Å²) in [5.41, 5.74) is 2.99. The molecule has 1 atom stereocenters. The van der Waals surface area contributed by atoms with Crippen molar-refractivity contribution >= 4 is 34.8 Å². The Kier molecular flexibility index (Phi) is 4.63. The maximum Gasteiger partial charge on any atom is 0.245 e. The first-order chi connectivity index (χ1) is 7.47. The van der Waals surface area contributed by atoms with Gasteiger partial charge in [-0.05, 0) is 32.4 Å². The molecule has 1 amide bonds. The van der Waals surface area contributed by atoms with E-state index in [4.69, 9.17) is 23.2 Å². The smallest absolute Gasteiger partial charge is 0.245 e. The summed E-state index contributed by atoms with van der Waals surface area (Å²) in [5.74, 6) is -0.177. The molecule has 4 heteroatoms. The molecule has 0 N–H and O–H groups in total. The molecule has 0 radical (unpaired) electrons. The highest BCUT2D eigenvalue weighted by atomic mass is 35.5. The molecule has 0 saturated carbocycles. The van der Waals surface area contributed by atoms with Crippen molar-refractivity contribution in [2.45, 2.75) is 26.1 Å². The number of amides is 1. The average Bonchev–Trinajstić information content (AvgIpc) is 2.21. The molecular weight excluding hydrogens is 245 g/mol. The number of hydrogen-bond donors (Lipinski definition) is 0. The van der Waals surface area contributed by atoms with Crippen LogP contribution in [0.2, 0.25) is 0 Å². The number of hydrogen-bond acceptors (Lipinski definition) is 1. The monoisotopic (exact) mass is 259 g/mol. The lowest BCUT2D eigenvalue weighted by molar-refractivity contribution is -0.117. The Hall–Kier alpha value is -0.730. The third-order valence-corrected chi connectivity index (χ3v) is 2.79. The van der Waals surface area contributed by atoms with Gasteiger partial charge in [0.15, 0.2) is 0 Å². The van der Waals surface area contributed by atoms with E-state index in [1.165, 1.54) is 4.90 Å². The van der Waals surface area contributed by atoms with Gasteiger partial charge in [0, 0.05) is 5.69 Å². The maximum absolute atomic E-state index is 11.8. The first-order valence-corrected chi connectivity index (χ1v) is 6.03. The number of benzene rings is 1. The topological polar surface area (TPSA) is 20.3 Å². The van der Waals surface area contributed by atoms with Gasteiger partial charge in [0.2, 0.25) is 5.91 Å². The van der Waals surface area contributed by atoms with E-state index in [0.717, 1.165) is 16.8 Å². The molecule has 0 aromatic heterocycles. The summed E-state index contributed by atoms with van der Waals surface area (Å²) < 4.78 is 0. The van der Waals surface area contributed by atoms with Crippen molar-refractivity contribution in [3.8, 4) is 0 Å². The molecule has 2 nitrogen and oxygen atoms in total. The van der Waals surface area contributed by atoms with E-state index in [2.05, 4.69) is 0 Å². The minimum Gasteiger partial charge on any atom is -0.297 e. The van der Waals surface area contributed by atoms with E-state index in [9.17, 15) is 4.79 Å². The molecule has 1 rings (SSSR count). The van der Waals surface area contributed by atoms with Crippen molar-refractivity contribution in [3.05, 3.63) is 29.3 Å². The summed E-state index contributed by atoms with van der Waals surface area (Å²) in [6, 6.07) is 5.97. The summed E-state index contributed by atoms with van der Waals surface area (Å²) in [7, 11) is 0. The number of anilines is 1. The van der Waals surface area contributed by atoms with Crippen molar-refractivity contribution in [1.82, 2.24) is 0 Å². The van der Waals surface area contributed by atoms with Gasteiger partial charge in [0.1, 0.15) is 11.4 Å². The molecule has 0 aliphatic carbocycles. The van der Waals surface area contributed by atoms with Gasteiger partial charge in [-0.1, -0.05) is 17.7 Å². The van der Waals surface area contributed by atoms with Gasteiger partial charge in [0.05, 0.1) is 0 Å². The number of rotatable bonds is 3. The van der Waals surface area contributed by atoms with Crippen LogP contribution in [0.25, 0.3) is 0 Å². The fraction of sp³-hybridized carbons (Fsp3) is 0.417. The molecule has 16 heavy (non-hydrogen) atoms. The lowest BCUT2D eigenvalue weighted by Crippen LogP contribution is -2.35. The van der Waals surface area contributed by atoms with Crippen LogP contribution in [-0.2, 0) is 4.79 Å². The van der Waals surface area contributed by atoms with Crippen molar-refractivity contribution in [2.75, 3.05) is 10.9 Å². The first kappa shape index (κ1) is 13.3. The zero-order chi connectivity index (χ0) is 12.3. The van der Waals surface area contributed by atoms with E-state index in [1.807, 2.05) is 32.0 Å². The number of carbonyl (C=O) groups excluding carboxylic acids is 1. The lowest BCUT2D eigenvalue weighted by Gasteiger charge is -2.23. The molecular formula is C12H15Cl2NO. The number of aryl methyl sites for hydroxylation is 2. The van der Waals surface area contributed by atoms with Crippen LogP contribution in [0.15, 0.2) is 18.2 Å². The second-order valence-electron chi connectivity index (χ2n) is 3.79. The number of nitrogens with zero attached hydrogens (tertiary/aromatic N) is 1. The molecule has 0 saturated heterocycles. The zero-order valence-corrected chi connectivity index (χ0v) is 11.1. The zero-order valence-electron chi connectivity index (χ0n) is 9.63. The van der Waals surface area contributed by atoms with E-state index < -0.39 is 5.38 Å². The van der Waals surface area contributed by atoms with Crippen LogP contribution >= 0.6 is 23.2 Å². The van der Waals surface area contributed by atoms with Gasteiger partial charge < -0.3 is 0 Å². The third kappa shape index (κ3) is 2.89. The Morgan fingerprint density at radius 3 is 2.50 bits per heavy atom. The molecule has 0 spiro atoms. The van der Waals surface area contributed by atoms with Gasteiger partial charge in [-0.15, -0.1) is 23.2 Å². The first-order valence-electron chi connectivity index (χ1n) is 5.06. The van der Waals surface area contributed by atoms with E-state index in [1.54, 1.807) is 6.92 Å². The highest BCUT2D eigenvalue weighted by Gasteiger charge is 2.20. The van der Waals surface area contributed by atoms with Gasteiger partial charge in [-0.3, -0.25) is 9.69 Å². The third-order valence-electron chi connectivity index (χ3n) is 2.37. The van der Waals surface area contributed by atoms with Gasteiger partial charge in [-0.2, -0.15) is 0 Å². The predicted octanol–water partition coefficient (Wildman–Crippen LogP) is 3.46. The fourth-order valence-corrected chi connectivity index (χ4v) is 1.93. The maximum atomic E-state index is 11.8. The van der Waals surface area contributed by atoms with Crippen LogP contribution in [0.1, 0.15) is 18.1 Å². The minimum absolute atomic E-state index is 0.111. The second-order valence-corrected chi connectivity index (χ2v) is 4.69. The molecule has 0 aliphatic rings. The summed E-state index contributed by atoms with van der Waals surface area (Å²) in [5, 5.41) is -0.570. The van der Waals surface area contributed by atoms with Crippen LogP contribution in [0, 0.1) is 13.8 Å². The number of halogens is 2. The summed E-state index contributed by atoms with van der Waals surface area (Å²) in [4.78, 5) is 13.3. The molecule has 0 bridgehead atoms. The van der Waals surface area contributed by atoms with Crippen molar-refractivity contribution in [2.24, 2.45) is 0 Å². The van der Waals surface area contributed by atoms with Gasteiger partial charge in [0.25, 0.3) is 0 Å². The van der Waals surface area contributed by atoms with Crippen LogP contribution in [0.3, 0.4) is 0 Å². The lowest BCUT2D eigenvalue weighted by atomic mass is 10.1.